The highest BCUT2D eigenvalue weighted by molar-refractivity contribution is 5.80. The summed E-state index contributed by atoms with van der Waals surface area (Å²) < 4.78 is 0. The molecule has 0 aliphatic heterocycles. The monoisotopic (exact) mass is 270 g/mol. The predicted molar refractivity (Wildman–Crippen MR) is 92.0 cm³/mol. The molecule has 0 atom stereocenters. The third-order valence-corrected chi connectivity index (χ3v) is 3.58. The second-order valence-electron chi connectivity index (χ2n) is 5.20. The minimum Gasteiger partial charge on any atom is -0.0622 e. The first-order chi connectivity index (χ1) is 10.3. The topological polar surface area (TPSA) is 0 Å². The third-order valence-electron chi connectivity index (χ3n) is 3.58. The molecular formula is C21H18. The van der Waals surface area contributed by atoms with E-state index in [9.17, 15) is 0 Å². The van der Waals surface area contributed by atoms with Gasteiger partial charge in [0, 0.05) is 0 Å². The van der Waals surface area contributed by atoms with Crippen LogP contribution in [0.3, 0.4) is 0 Å². The van der Waals surface area contributed by atoms with Gasteiger partial charge in [0.2, 0.25) is 0 Å². The second-order valence-corrected chi connectivity index (χ2v) is 5.20. The van der Waals surface area contributed by atoms with E-state index in [1.54, 1.807) is 0 Å². The Labute approximate surface area is 126 Å². The first-order valence-electron chi connectivity index (χ1n) is 7.22. The van der Waals surface area contributed by atoms with Gasteiger partial charge in [-0.05, 0) is 29.2 Å². The molecular weight excluding hydrogens is 252 g/mol. The summed E-state index contributed by atoms with van der Waals surface area (Å²) in [6.07, 6.45) is 4.36. The van der Waals surface area contributed by atoms with Gasteiger partial charge in [0.25, 0.3) is 0 Å². The number of hydrogen-bond acceptors (Lipinski definition) is 0. The molecule has 0 saturated carbocycles. The van der Waals surface area contributed by atoms with Crippen LogP contribution in [0.5, 0.6) is 0 Å². The van der Waals surface area contributed by atoms with Crippen LogP contribution in [0.2, 0.25) is 0 Å². The van der Waals surface area contributed by atoms with E-state index < -0.39 is 0 Å². The highest BCUT2D eigenvalue weighted by atomic mass is 14.0. The molecule has 102 valence electrons. The average molecular weight is 270 g/mol. The van der Waals surface area contributed by atoms with E-state index >= 15 is 0 Å². The van der Waals surface area contributed by atoms with Gasteiger partial charge in [0.1, 0.15) is 0 Å². The Morgan fingerprint density at radius 2 is 1.29 bits per heavy atom. The maximum Gasteiger partial charge on any atom is -0.0111 e. The van der Waals surface area contributed by atoms with Gasteiger partial charge < -0.3 is 0 Å². The maximum atomic E-state index is 2.19. The largest absolute Gasteiger partial charge is 0.0622 e. The van der Waals surface area contributed by atoms with Gasteiger partial charge in [-0.3, -0.25) is 0 Å². The van der Waals surface area contributed by atoms with Crippen molar-refractivity contribution < 1.29 is 0 Å². The molecule has 21 heavy (non-hydrogen) atoms. The summed E-state index contributed by atoms with van der Waals surface area (Å²) in [6, 6.07) is 27.6. The fraction of sp³-hybridized carbons (Fsp3) is 0.0476. The van der Waals surface area contributed by atoms with Gasteiger partial charge >= 0.3 is 0 Å². The molecule has 0 aliphatic carbocycles. The smallest absolute Gasteiger partial charge is 0.0111 e. The molecule has 0 fully saturated rings. The average Bonchev–Trinajstić information content (AvgIpc) is 2.55. The molecule has 3 aromatic rings. The zero-order valence-electron chi connectivity index (χ0n) is 12.2. The van der Waals surface area contributed by atoms with E-state index in [1.165, 1.54) is 27.8 Å². The van der Waals surface area contributed by atoms with E-state index in [0.29, 0.717) is 0 Å². The quantitative estimate of drug-likeness (QED) is 0.525. The summed E-state index contributed by atoms with van der Waals surface area (Å²) in [5.74, 6) is 0. The molecule has 0 aromatic heterocycles. The maximum absolute atomic E-state index is 2.19. The zero-order chi connectivity index (χ0) is 14.5. The summed E-state index contributed by atoms with van der Waals surface area (Å²) in [5.41, 5.74) is 6.27. The van der Waals surface area contributed by atoms with E-state index in [2.05, 4.69) is 91.9 Å². The molecule has 0 radical (unpaired) electrons. The number of hydrogen-bond donors (Lipinski definition) is 0. The lowest BCUT2D eigenvalue weighted by Crippen LogP contribution is -1.82. The van der Waals surface area contributed by atoms with Crippen molar-refractivity contribution in [2.45, 2.75) is 6.92 Å². The lowest BCUT2D eigenvalue weighted by Gasteiger charge is -2.06. The molecule has 0 N–H and O–H groups in total. The van der Waals surface area contributed by atoms with Crippen LogP contribution in [0, 0.1) is 6.92 Å². The van der Waals surface area contributed by atoms with Crippen LogP contribution in [0.4, 0.5) is 0 Å². The lowest BCUT2D eigenvalue weighted by molar-refractivity contribution is 1.46. The molecule has 0 saturated heterocycles. The molecule has 0 aliphatic rings. The summed E-state index contributed by atoms with van der Waals surface area (Å²) in [5, 5.41) is 0. The standard InChI is InChI=1S/C21H18/c1-17-11-13-18(14-12-17)15-16-20-9-5-6-10-21(20)19-7-3-2-4-8-19/h2-16H,1H3. The van der Waals surface area contributed by atoms with E-state index in [0.717, 1.165) is 0 Å². The van der Waals surface area contributed by atoms with Crippen molar-refractivity contribution in [3.8, 4) is 11.1 Å². The van der Waals surface area contributed by atoms with Crippen molar-refractivity contribution in [1.29, 1.82) is 0 Å². The van der Waals surface area contributed by atoms with Crippen LogP contribution in [-0.4, -0.2) is 0 Å². The van der Waals surface area contributed by atoms with Gasteiger partial charge in [-0.25, -0.2) is 0 Å². The van der Waals surface area contributed by atoms with E-state index in [-0.39, 0.29) is 0 Å². The van der Waals surface area contributed by atoms with Gasteiger partial charge in [-0.2, -0.15) is 0 Å². The third kappa shape index (κ3) is 3.29. The number of rotatable bonds is 3. The predicted octanol–water partition coefficient (Wildman–Crippen LogP) is 5.83. The highest BCUT2D eigenvalue weighted by Gasteiger charge is 2.00. The van der Waals surface area contributed by atoms with E-state index in [4.69, 9.17) is 0 Å². The van der Waals surface area contributed by atoms with Gasteiger partial charge in [-0.15, -0.1) is 0 Å². The highest BCUT2D eigenvalue weighted by Crippen LogP contribution is 2.25. The van der Waals surface area contributed by atoms with Gasteiger partial charge in [0.05, 0.1) is 0 Å². The molecule has 0 heterocycles. The molecule has 3 aromatic carbocycles. The Kier molecular flexibility index (Phi) is 3.97. The molecule has 3 rings (SSSR count). The Morgan fingerprint density at radius 3 is 2.05 bits per heavy atom. The van der Waals surface area contributed by atoms with Crippen LogP contribution in [-0.2, 0) is 0 Å². The Balaban J connectivity index is 1.94. The second kappa shape index (κ2) is 6.23. The van der Waals surface area contributed by atoms with Crippen LogP contribution >= 0.6 is 0 Å². The van der Waals surface area contributed by atoms with Crippen molar-refractivity contribution in [2.24, 2.45) is 0 Å². The van der Waals surface area contributed by atoms with Crippen LogP contribution in [0.25, 0.3) is 23.3 Å². The zero-order valence-corrected chi connectivity index (χ0v) is 12.2. The molecule has 0 amide bonds. The fourth-order valence-electron chi connectivity index (χ4n) is 2.39. The van der Waals surface area contributed by atoms with Crippen molar-refractivity contribution in [1.82, 2.24) is 0 Å². The molecule has 0 bridgehead atoms. The Bertz CT molecular complexity index is 735. The summed E-state index contributed by atoms with van der Waals surface area (Å²) >= 11 is 0. The summed E-state index contributed by atoms with van der Waals surface area (Å²) in [7, 11) is 0. The minimum absolute atomic E-state index is 1.23. The minimum atomic E-state index is 1.23. The first kappa shape index (κ1) is 13.4. The van der Waals surface area contributed by atoms with E-state index in [1.807, 2.05) is 6.07 Å². The summed E-state index contributed by atoms with van der Waals surface area (Å²) in [6.45, 7) is 2.11. The van der Waals surface area contributed by atoms with Crippen LogP contribution < -0.4 is 0 Å². The SMILES string of the molecule is Cc1ccc(C=Cc2ccccc2-c2ccccc2)cc1. The Hall–Kier alpha value is -2.60. The van der Waals surface area contributed by atoms with Crippen molar-refractivity contribution >= 4 is 12.2 Å². The fourth-order valence-corrected chi connectivity index (χ4v) is 2.39. The molecule has 0 unspecified atom stereocenters. The Morgan fingerprint density at radius 1 is 0.619 bits per heavy atom. The van der Waals surface area contributed by atoms with Crippen LogP contribution in [0.1, 0.15) is 16.7 Å². The lowest BCUT2D eigenvalue weighted by atomic mass is 9.99. The van der Waals surface area contributed by atoms with Gasteiger partial charge in [0.15, 0.2) is 0 Å². The molecule has 0 nitrogen and oxygen atoms in total. The van der Waals surface area contributed by atoms with Crippen LogP contribution in [0.15, 0.2) is 78.9 Å². The summed E-state index contributed by atoms with van der Waals surface area (Å²) in [4.78, 5) is 0. The van der Waals surface area contributed by atoms with Crippen molar-refractivity contribution in [3.05, 3.63) is 95.6 Å². The molecule has 0 heteroatoms. The first-order valence-corrected chi connectivity index (χ1v) is 7.22. The number of benzene rings is 3. The van der Waals surface area contributed by atoms with Gasteiger partial charge in [-0.1, -0.05) is 96.6 Å². The van der Waals surface area contributed by atoms with Crippen molar-refractivity contribution in [3.63, 3.8) is 0 Å². The normalized spacial score (nSPS) is 10.9. The molecule has 0 spiro atoms. The van der Waals surface area contributed by atoms with Crippen molar-refractivity contribution in [2.75, 3.05) is 0 Å². The number of aryl methyl sites for hydroxylation is 1.